The number of rotatable bonds is 5. The molecule has 122 valence electrons. The Kier molecular flexibility index (Phi) is 5.23. The maximum Gasteiger partial charge on any atom is 0.161 e. The molecule has 0 amide bonds. The molecule has 1 aromatic carbocycles. The molecular formula is C19H26N4. The lowest BCUT2D eigenvalue weighted by atomic mass is 10.1. The lowest BCUT2D eigenvalue weighted by Crippen LogP contribution is -2.47. The largest absolute Gasteiger partial charge is 0.354 e. The van der Waals surface area contributed by atoms with Crippen molar-refractivity contribution in [3.8, 4) is 11.4 Å². The van der Waals surface area contributed by atoms with E-state index in [1.165, 1.54) is 13.0 Å². The van der Waals surface area contributed by atoms with Crippen molar-refractivity contribution in [1.29, 1.82) is 0 Å². The van der Waals surface area contributed by atoms with Gasteiger partial charge in [0.1, 0.15) is 5.82 Å². The van der Waals surface area contributed by atoms with Gasteiger partial charge in [0.25, 0.3) is 0 Å². The van der Waals surface area contributed by atoms with Crippen LogP contribution in [-0.4, -0.2) is 47.6 Å². The van der Waals surface area contributed by atoms with Crippen molar-refractivity contribution in [3.05, 3.63) is 42.6 Å². The SMILES string of the molecule is CC(C)CCN1CCN(c2ccnc(-c3ccccc3)n2)CC1. The van der Waals surface area contributed by atoms with Gasteiger partial charge in [-0.2, -0.15) is 0 Å². The zero-order chi connectivity index (χ0) is 16.1. The summed E-state index contributed by atoms with van der Waals surface area (Å²) < 4.78 is 0. The monoisotopic (exact) mass is 310 g/mol. The molecule has 4 nitrogen and oxygen atoms in total. The number of hydrogen-bond donors (Lipinski definition) is 0. The summed E-state index contributed by atoms with van der Waals surface area (Å²) in [6, 6.07) is 12.2. The van der Waals surface area contributed by atoms with Gasteiger partial charge in [-0.1, -0.05) is 44.2 Å². The van der Waals surface area contributed by atoms with Crippen LogP contribution < -0.4 is 4.90 Å². The van der Waals surface area contributed by atoms with Gasteiger partial charge in [0.05, 0.1) is 0 Å². The molecule has 1 aromatic heterocycles. The summed E-state index contributed by atoms with van der Waals surface area (Å²) >= 11 is 0. The molecule has 0 N–H and O–H groups in total. The molecule has 2 heterocycles. The van der Waals surface area contributed by atoms with Crippen LogP contribution in [0.2, 0.25) is 0 Å². The van der Waals surface area contributed by atoms with Crippen LogP contribution in [0.15, 0.2) is 42.6 Å². The van der Waals surface area contributed by atoms with Crippen molar-refractivity contribution in [1.82, 2.24) is 14.9 Å². The van der Waals surface area contributed by atoms with Crippen LogP contribution in [0.5, 0.6) is 0 Å². The first-order valence-electron chi connectivity index (χ1n) is 8.58. The lowest BCUT2D eigenvalue weighted by Gasteiger charge is -2.35. The summed E-state index contributed by atoms with van der Waals surface area (Å²) in [7, 11) is 0. The van der Waals surface area contributed by atoms with Crippen molar-refractivity contribution in [2.24, 2.45) is 5.92 Å². The molecular weight excluding hydrogens is 284 g/mol. The van der Waals surface area contributed by atoms with Crippen molar-refractivity contribution in [2.75, 3.05) is 37.6 Å². The van der Waals surface area contributed by atoms with E-state index in [4.69, 9.17) is 4.98 Å². The Hall–Kier alpha value is -1.94. The van der Waals surface area contributed by atoms with E-state index in [1.54, 1.807) is 0 Å². The van der Waals surface area contributed by atoms with Crippen LogP contribution >= 0.6 is 0 Å². The Labute approximate surface area is 139 Å². The molecule has 0 atom stereocenters. The standard InChI is InChI=1S/C19H26N4/c1-16(2)9-11-22-12-14-23(15-13-22)18-8-10-20-19(21-18)17-6-4-3-5-7-17/h3-8,10,16H,9,11-15H2,1-2H3. The highest BCUT2D eigenvalue weighted by Crippen LogP contribution is 2.19. The number of piperazine rings is 1. The first kappa shape index (κ1) is 15.9. The molecule has 0 radical (unpaired) electrons. The highest BCUT2D eigenvalue weighted by atomic mass is 15.3. The van der Waals surface area contributed by atoms with E-state index in [1.807, 2.05) is 30.5 Å². The fourth-order valence-electron chi connectivity index (χ4n) is 2.89. The molecule has 0 unspecified atom stereocenters. The third kappa shape index (κ3) is 4.29. The number of benzene rings is 1. The van der Waals surface area contributed by atoms with Gasteiger partial charge in [-0.05, 0) is 24.9 Å². The number of anilines is 1. The van der Waals surface area contributed by atoms with Gasteiger partial charge in [0.2, 0.25) is 0 Å². The Balaban J connectivity index is 1.63. The topological polar surface area (TPSA) is 32.3 Å². The summed E-state index contributed by atoms with van der Waals surface area (Å²) in [6.45, 7) is 10.1. The molecule has 3 rings (SSSR count). The van der Waals surface area contributed by atoms with E-state index >= 15 is 0 Å². The fraction of sp³-hybridized carbons (Fsp3) is 0.474. The van der Waals surface area contributed by atoms with Crippen LogP contribution in [0.1, 0.15) is 20.3 Å². The molecule has 0 aliphatic carbocycles. The van der Waals surface area contributed by atoms with Crippen molar-refractivity contribution >= 4 is 5.82 Å². The summed E-state index contributed by atoms with van der Waals surface area (Å²) in [5, 5.41) is 0. The molecule has 2 aromatic rings. The highest BCUT2D eigenvalue weighted by Gasteiger charge is 2.18. The summed E-state index contributed by atoms with van der Waals surface area (Å²) in [5.41, 5.74) is 1.07. The van der Waals surface area contributed by atoms with Crippen molar-refractivity contribution in [3.63, 3.8) is 0 Å². The van der Waals surface area contributed by atoms with Crippen LogP contribution in [0.25, 0.3) is 11.4 Å². The van der Waals surface area contributed by atoms with Gasteiger partial charge in [-0.15, -0.1) is 0 Å². The summed E-state index contributed by atoms with van der Waals surface area (Å²) in [5.74, 6) is 2.64. The quantitative estimate of drug-likeness (QED) is 0.848. The van der Waals surface area contributed by atoms with Crippen LogP contribution in [0.3, 0.4) is 0 Å². The van der Waals surface area contributed by atoms with E-state index in [-0.39, 0.29) is 0 Å². The van der Waals surface area contributed by atoms with Gasteiger partial charge in [0.15, 0.2) is 5.82 Å². The van der Waals surface area contributed by atoms with Crippen LogP contribution in [0, 0.1) is 5.92 Å². The third-order valence-electron chi connectivity index (χ3n) is 4.39. The maximum atomic E-state index is 4.76. The molecule has 23 heavy (non-hydrogen) atoms. The Morgan fingerprint density at radius 1 is 1.00 bits per heavy atom. The van der Waals surface area contributed by atoms with Crippen molar-refractivity contribution in [2.45, 2.75) is 20.3 Å². The second-order valence-corrected chi connectivity index (χ2v) is 6.62. The van der Waals surface area contributed by atoms with E-state index in [0.29, 0.717) is 0 Å². The third-order valence-corrected chi connectivity index (χ3v) is 4.39. The normalized spacial score (nSPS) is 16.0. The van der Waals surface area contributed by atoms with Crippen LogP contribution in [0.4, 0.5) is 5.82 Å². The summed E-state index contributed by atoms with van der Waals surface area (Å²) in [4.78, 5) is 14.1. The van der Waals surface area contributed by atoms with E-state index in [2.05, 4.69) is 40.8 Å². The minimum absolute atomic E-state index is 0.781. The first-order chi connectivity index (χ1) is 11.2. The minimum Gasteiger partial charge on any atom is -0.354 e. The van der Waals surface area contributed by atoms with Gasteiger partial charge < -0.3 is 4.90 Å². The molecule has 1 fully saturated rings. The zero-order valence-corrected chi connectivity index (χ0v) is 14.2. The maximum absolute atomic E-state index is 4.76. The Morgan fingerprint density at radius 2 is 1.74 bits per heavy atom. The molecule has 0 saturated carbocycles. The zero-order valence-electron chi connectivity index (χ0n) is 14.2. The van der Waals surface area contributed by atoms with Gasteiger partial charge in [-0.25, -0.2) is 9.97 Å². The van der Waals surface area contributed by atoms with Gasteiger partial charge in [-0.3, -0.25) is 4.90 Å². The van der Waals surface area contributed by atoms with E-state index < -0.39 is 0 Å². The number of nitrogens with zero attached hydrogens (tertiary/aromatic N) is 4. The van der Waals surface area contributed by atoms with Crippen LogP contribution in [-0.2, 0) is 0 Å². The number of hydrogen-bond acceptors (Lipinski definition) is 4. The van der Waals surface area contributed by atoms with Crippen molar-refractivity contribution < 1.29 is 0 Å². The molecule has 0 bridgehead atoms. The Bertz CT molecular complexity index is 604. The second-order valence-electron chi connectivity index (χ2n) is 6.62. The Morgan fingerprint density at radius 3 is 2.43 bits per heavy atom. The predicted molar refractivity (Wildman–Crippen MR) is 95.6 cm³/mol. The summed E-state index contributed by atoms with van der Waals surface area (Å²) in [6.07, 6.45) is 3.15. The second kappa shape index (κ2) is 7.55. The van der Waals surface area contributed by atoms with Gasteiger partial charge in [0, 0.05) is 37.9 Å². The molecule has 1 saturated heterocycles. The average molecular weight is 310 g/mol. The molecule has 1 aliphatic rings. The smallest absolute Gasteiger partial charge is 0.161 e. The van der Waals surface area contributed by atoms with E-state index in [0.717, 1.165) is 49.3 Å². The lowest BCUT2D eigenvalue weighted by molar-refractivity contribution is 0.243. The van der Waals surface area contributed by atoms with Gasteiger partial charge >= 0.3 is 0 Å². The molecule has 0 spiro atoms. The predicted octanol–water partition coefficient (Wildman–Crippen LogP) is 3.31. The molecule has 4 heteroatoms. The number of aromatic nitrogens is 2. The highest BCUT2D eigenvalue weighted by molar-refractivity contribution is 5.57. The van der Waals surface area contributed by atoms with E-state index in [9.17, 15) is 0 Å². The molecule has 1 aliphatic heterocycles. The average Bonchev–Trinajstić information content (AvgIpc) is 2.61. The minimum atomic E-state index is 0.781. The fourth-order valence-corrected chi connectivity index (χ4v) is 2.89. The first-order valence-corrected chi connectivity index (χ1v) is 8.58.